The molecule has 1 N–H and O–H groups in total. The minimum Gasteiger partial charge on any atom is -0.493 e. The van der Waals surface area contributed by atoms with Gasteiger partial charge in [0.25, 0.3) is 0 Å². The van der Waals surface area contributed by atoms with Crippen LogP contribution < -0.4 is 14.4 Å². The molecule has 1 aliphatic carbocycles. The minimum absolute atomic E-state index is 0.0270. The number of hydrogen-bond donors (Lipinski definition) is 1. The molecule has 1 aromatic heterocycles. The Hall–Kier alpha value is -1.98. The average molecular weight is 355 g/mol. The molecule has 25 heavy (non-hydrogen) atoms. The molecule has 0 fully saturated rings. The second kappa shape index (κ2) is 5.51. The van der Waals surface area contributed by atoms with Gasteiger partial charge in [0.05, 0.1) is 23.6 Å². The lowest BCUT2D eigenvalue weighted by Crippen LogP contribution is -2.43. The molecule has 0 radical (unpaired) electrons. The highest BCUT2D eigenvalue weighted by Gasteiger charge is 2.52. The number of ether oxygens (including phenoxy) is 2. The van der Waals surface area contributed by atoms with Gasteiger partial charge in [-0.2, -0.15) is 0 Å². The highest BCUT2D eigenvalue weighted by molar-refractivity contribution is 7.14. The fourth-order valence-corrected chi connectivity index (χ4v) is 5.33. The van der Waals surface area contributed by atoms with Gasteiger partial charge in [0.2, 0.25) is 0 Å². The van der Waals surface area contributed by atoms with Gasteiger partial charge in [0.1, 0.15) is 6.10 Å². The van der Waals surface area contributed by atoms with E-state index in [2.05, 4.69) is 34.6 Å². The van der Waals surface area contributed by atoms with E-state index in [1.54, 1.807) is 18.4 Å². The van der Waals surface area contributed by atoms with Crippen molar-refractivity contribution in [1.29, 1.82) is 0 Å². The van der Waals surface area contributed by atoms with E-state index in [-0.39, 0.29) is 11.5 Å². The summed E-state index contributed by atoms with van der Waals surface area (Å²) in [4.78, 5) is 2.45. The van der Waals surface area contributed by atoms with Gasteiger partial charge in [-0.3, -0.25) is 0 Å². The molecule has 3 heterocycles. The van der Waals surface area contributed by atoms with E-state index in [0.717, 1.165) is 31.0 Å². The molecular formula is C20H21NO3S. The standard InChI is InChI=1S/C20H21NO3S/c1-23-15-5-4-13-12-21(17-3-2-10-25-17)9-8-20-7-6-14(22)11-16(20)24-19(15)18(13)20/h2-7,10,14,16,22H,8-9,11-12H2,1H3. The Balaban J connectivity index is 1.68. The maximum atomic E-state index is 10.1. The van der Waals surface area contributed by atoms with Crippen LogP contribution in [0.15, 0.2) is 41.8 Å². The molecule has 5 rings (SSSR count). The van der Waals surface area contributed by atoms with Crippen LogP contribution in [0.2, 0.25) is 0 Å². The van der Waals surface area contributed by atoms with E-state index in [0.29, 0.717) is 6.42 Å². The summed E-state index contributed by atoms with van der Waals surface area (Å²) in [5, 5.41) is 13.6. The maximum Gasteiger partial charge on any atom is 0.166 e. The zero-order valence-electron chi connectivity index (χ0n) is 14.1. The first kappa shape index (κ1) is 15.3. The number of hydrogen-bond acceptors (Lipinski definition) is 5. The van der Waals surface area contributed by atoms with Crippen molar-refractivity contribution in [3.05, 3.63) is 52.9 Å². The van der Waals surface area contributed by atoms with Gasteiger partial charge in [-0.05, 0) is 35.6 Å². The predicted molar refractivity (Wildman–Crippen MR) is 98.8 cm³/mol. The third-order valence-electron chi connectivity index (χ3n) is 5.77. The first-order chi connectivity index (χ1) is 12.2. The van der Waals surface area contributed by atoms with E-state index in [4.69, 9.17) is 9.47 Å². The molecule has 0 saturated heterocycles. The highest BCUT2D eigenvalue weighted by Crippen LogP contribution is 2.56. The Kier molecular flexibility index (Phi) is 3.37. The Morgan fingerprint density at radius 2 is 2.28 bits per heavy atom. The van der Waals surface area contributed by atoms with Crippen molar-refractivity contribution < 1.29 is 14.6 Å². The number of aliphatic hydroxyl groups excluding tert-OH is 1. The average Bonchev–Trinajstić information content (AvgIpc) is 3.21. The molecule has 2 aromatic rings. The summed E-state index contributed by atoms with van der Waals surface area (Å²) in [5.74, 6) is 1.66. The molecule has 1 aromatic carbocycles. The summed E-state index contributed by atoms with van der Waals surface area (Å²) in [7, 11) is 1.69. The number of aliphatic hydroxyl groups is 1. The molecule has 2 aliphatic heterocycles. The maximum absolute atomic E-state index is 10.1. The molecule has 130 valence electrons. The number of rotatable bonds is 2. The third-order valence-corrected chi connectivity index (χ3v) is 6.70. The van der Waals surface area contributed by atoms with Crippen LogP contribution in [0.25, 0.3) is 0 Å². The van der Waals surface area contributed by atoms with Crippen LogP contribution in [0.4, 0.5) is 5.00 Å². The Morgan fingerprint density at radius 1 is 1.36 bits per heavy atom. The normalized spacial score (nSPS) is 29.6. The molecule has 1 spiro atoms. The van der Waals surface area contributed by atoms with Crippen molar-refractivity contribution in [2.45, 2.75) is 37.0 Å². The number of methoxy groups -OCH3 is 1. The van der Waals surface area contributed by atoms with Gasteiger partial charge in [-0.1, -0.05) is 18.2 Å². The van der Waals surface area contributed by atoms with Gasteiger partial charge < -0.3 is 19.5 Å². The van der Waals surface area contributed by atoms with Crippen LogP contribution in [0.3, 0.4) is 0 Å². The van der Waals surface area contributed by atoms with Gasteiger partial charge >= 0.3 is 0 Å². The van der Waals surface area contributed by atoms with E-state index < -0.39 is 6.10 Å². The zero-order chi connectivity index (χ0) is 17.0. The van der Waals surface area contributed by atoms with Crippen LogP contribution in [0, 0.1) is 0 Å². The summed E-state index contributed by atoms with van der Waals surface area (Å²) in [6.07, 6.45) is 5.29. The molecule has 3 unspecified atom stereocenters. The number of benzene rings is 1. The van der Waals surface area contributed by atoms with Crippen molar-refractivity contribution in [2.24, 2.45) is 0 Å². The van der Waals surface area contributed by atoms with Gasteiger partial charge in [0, 0.05) is 25.1 Å². The number of nitrogens with zero attached hydrogens (tertiary/aromatic N) is 1. The fraction of sp³-hybridized carbons (Fsp3) is 0.400. The van der Waals surface area contributed by atoms with Gasteiger partial charge in [-0.25, -0.2) is 0 Å². The summed E-state index contributed by atoms with van der Waals surface area (Å²) in [6.45, 7) is 1.85. The van der Waals surface area contributed by atoms with Crippen LogP contribution in [-0.2, 0) is 12.0 Å². The van der Waals surface area contributed by atoms with Gasteiger partial charge in [0.15, 0.2) is 11.5 Å². The lowest BCUT2D eigenvalue weighted by atomic mass is 9.69. The first-order valence-corrected chi connectivity index (χ1v) is 9.62. The molecule has 4 nitrogen and oxygen atoms in total. The van der Waals surface area contributed by atoms with E-state index in [1.807, 2.05) is 12.1 Å². The van der Waals surface area contributed by atoms with Crippen LogP contribution in [0.1, 0.15) is 24.0 Å². The topological polar surface area (TPSA) is 41.9 Å². The first-order valence-electron chi connectivity index (χ1n) is 8.74. The molecular weight excluding hydrogens is 334 g/mol. The molecule has 3 aliphatic rings. The second-order valence-corrected chi connectivity index (χ2v) is 7.99. The van der Waals surface area contributed by atoms with Crippen LogP contribution in [-0.4, -0.2) is 31.0 Å². The van der Waals surface area contributed by atoms with Crippen molar-refractivity contribution in [3.8, 4) is 11.5 Å². The smallest absolute Gasteiger partial charge is 0.166 e. The lowest BCUT2D eigenvalue weighted by Gasteiger charge is -2.35. The molecule has 0 saturated carbocycles. The second-order valence-electron chi connectivity index (χ2n) is 7.06. The van der Waals surface area contributed by atoms with Crippen molar-refractivity contribution in [1.82, 2.24) is 0 Å². The van der Waals surface area contributed by atoms with E-state index in [1.165, 1.54) is 16.1 Å². The van der Waals surface area contributed by atoms with E-state index >= 15 is 0 Å². The number of thiophene rings is 1. The Labute approximate surface area is 151 Å². The molecule has 0 amide bonds. The third kappa shape index (κ3) is 2.15. The van der Waals surface area contributed by atoms with Crippen molar-refractivity contribution >= 4 is 16.3 Å². The molecule has 3 atom stereocenters. The van der Waals surface area contributed by atoms with Crippen LogP contribution in [0.5, 0.6) is 11.5 Å². The van der Waals surface area contributed by atoms with Crippen molar-refractivity contribution in [2.75, 3.05) is 18.6 Å². The lowest BCUT2D eigenvalue weighted by molar-refractivity contribution is 0.0856. The fourth-order valence-electron chi connectivity index (χ4n) is 4.57. The van der Waals surface area contributed by atoms with Crippen LogP contribution >= 0.6 is 11.3 Å². The Bertz CT molecular complexity index is 832. The summed E-state index contributed by atoms with van der Waals surface area (Å²) >= 11 is 1.78. The predicted octanol–water partition coefficient (Wildman–Crippen LogP) is 3.49. The minimum atomic E-state index is -0.434. The molecule has 5 heteroatoms. The molecule has 0 bridgehead atoms. The summed E-state index contributed by atoms with van der Waals surface area (Å²) < 4.78 is 11.9. The zero-order valence-corrected chi connectivity index (χ0v) is 15.0. The highest BCUT2D eigenvalue weighted by atomic mass is 32.1. The van der Waals surface area contributed by atoms with Gasteiger partial charge in [-0.15, -0.1) is 11.3 Å². The number of anilines is 1. The van der Waals surface area contributed by atoms with Crippen molar-refractivity contribution in [3.63, 3.8) is 0 Å². The SMILES string of the molecule is COc1ccc2c3c1OC1CC(O)C=CC31CCN(c1cccs1)C2. The summed E-state index contributed by atoms with van der Waals surface area (Å²) in [6, 6.07) is 8.48. The summed E-state index contributed by atoms with van der Waals surface area (Å²) in [5.41, 5.74) is 2.40. The quantitative estimate of drug-likeness (QED) is 0.838. The van der Waals surface area contributed by atoms with E-state index in [9.17, 15) is 5.11 Å². The Morgan fingerprint density at radius 3 is 3.08 bits per heavy atom. The largest absolute Gasteiger partial charge is 0.493 e. The monoisotopic (exact) mass is 355 g/mol.